The zero-order valence-electron chi connectivity index (χ0n) is 12.4. The number of carbonyl (C=O) groups excluding carboxylic acids is 1. The normalized spacial score (nSPS) is 18.8. The highest BCUT2D eigenvalue weighted by molar-refractivity contribution is 5.87. The second-order valence-corrected chi connectivity index (χ2v) is 5.88. The molecule has 20 heavy (non-hydrogen) atoms. The van der Waals surface area contributed by atoms with E-state index in [2.05, 4.69) is 0 Å². The molecule has 0 fully saturated rings. The Kier molecular flexibility index (Phi) is 3.86. The second kappa shape index (κ2) is 5.29. The molecule has 1 amide bonds. The van der Waals surface area contributed by atoms with Crippen LogP contribution in [0, 0.1) is 0 Å². The first-order valence-corrected chi connectivity index (χ1v) is 6.72. The van der Waals surface area contributed by atoms with Crippen LogP contribution in [0.15, 0.2) is 24.4 Å². The molecule has 1 aliphatic heterocycles. The molecule has 0 saturated heterocycles. The Morgan fingerprint density at radius 2 is 2.10 bits per heavy atom. The molecule has 0 aromatic heterocycles. The van der Waals surface area contributed by atoms with Crippen molar-refractivity contribution in [3.05, 3.63) is 35.5 Å². The van der Waals surface area contributed by atoms with Crippen LogP contribution in [0.4, 0.5) is 0 Å². The van der Waals surface area contributed by atoms with Crippen molar-refractivity contribution in [1.29, 1.82) is 0 Å². The van der Waals surface area contributed by atoms with Crippen molar-refractivity contribution in [2.75, 3.05) is 13.7 Å². The number of ether oxygens (including phenoxy) is 1. The van der Waals surface area contributed by atoms with Crippen LogP contribution in [0.2, 0.25) is 0 Å². The molecule has 1 atom stereocenters. The van der Waals surface area contributed by atoms with E-state index in [1.807, 2.05) is 31.2 Å². The van der Waals surface area contributed by atoms with Crippen LogP contribution in [0.25, 0.3) is 6.08 Å². The van der Waals surface area contributed by atoms with Gasteiger partial charge in [0.2, 0.25) is 5.91 Å². The predicted molar refractivity (Wildman–Crippen MR) is 78.5 cm³/mol. The number of fused-ring (bicyclic) bond motifs is 1. The van der Waals surface area contributed by atoms with Crippen molar-refractivity contribution in [3.8, 4) is 5.75 Å². The van der Waals surface area contributed by atoms with E-state index in [1.54, 1.807) is 32.0 Å². The maximum absolute atomic E-state index is 12.1. The summed E-state index contributed by atoms with van der Waals surface area (Å²) in [6.45, 7) is 5.53. The molecule has 1 N–H and O–H groups in total. The standard InChI is InChI=1S/C16H21NO3/c1-11-14-6-5-13(20-10-16(2,3)19)9-12(14)7-8-17(4)15(11)18/h5-9,11,19H,10H2,1-4H3. The largest absolute Gasteiger partial charge is 0.491 e. The lowest BCUT2D eigenvalue weighted by atomic mass is 9.95. The van der Waals surface area contributed by atoms with Crippen molar-refractivity contribution >= 4 is 12.0 Å². The molecule has 4 heteroatoms. The molecule has 108 valence electrons. The summed E-state index contributed by atoms with van der Waals surface area (Å²) in [6, 6.07) is 5.66. The van der Waals surface area contributed by atoms with Gasteiger partial charge in [0.15, 0.2) is 0 Å². The van der Waals surface area contributed by atoms with Gasteiger partial charge in [0.05, 0.1) is 11.5 Å². The van der Waals surface area contributed by atoms with Gasteiger partial charge < -0.3 is 14.7 Å². The summed E-state index contributed by atoms with van der Waals surface area (Å²) in [4.78, 5) is 13.7. The van der Waals surface area contributed by atoms with E-state index in [-0.39, 0.29) is 18.4 Å². The lowest BCUT2D eigenvalue weighted by Gasteiger charge is -2.19. The Morgan fingerprint density at radius 3 is 2.75 bits per heavy atom. The number of hydrogen-bond donors (Lipinski definition) is 1. The van der Waals surface area contributed by atoms with Crippen LogP contribution in [0.1, 0.15) is 37.8 Å². The Labute approximate surface area is 119 Å². The van der Waals surface area contributed by atoms with E-state index in [0.29, 0.717) is 5.75 Å². The first kappa shape index (κ1) is 14.6. The summed E-state index contributed by atoms with van der Waals surface area (Å²) in [6.07, 6.45) is 3.68. The van der Waals surface area contributed by atoms with Crippen molar-refractivity contribution in [2.45, 2.75) is 32.3 Å². The number of aliphatic hydroxyl groups is 1. The van der Waals surface area contributed by atoms with Crippen molar-refractivity contribution < 1.29 is 14.6 Å². The van der Waals surface area contributed by atoms with Crippen LogP contribution < -0.4 is 4.74 Å². The molecule has 0 bridgehead atoms. The maximum Gasteiger partial charge on any atom is 0.233 e. The van der Waals surface area contributed by atoms with E-state index in [0.717, 1.165) is 11.1 Å². The first-order valence-electron chi connectivity index (χ1n) is 6.72. The Morgan fingerprint density at radius 1 is 1.40 bits per heavy atom. The van der Waals surface area contributed by atoms with E-state index in [1.165, 1.54) is 0 Å². The molecule has 0 aliphatic carbocycles. The fourth-order valence-corrected chi connectivity index (χ4v) is 2.15. The van der Waals surface area contributed by atoms with E-state index >= 15 is 0 Å². The highest BCUT2D eigenvalue weighted by Crippen LogP contribution is 2.29. The van der Waals surface area contributed by atoms with E-state index in [9.17, 15) is 9.90 Å². The number of carbonyl (C=O) groups is 1. The summed E-state index contributed by atoms with van der Waals surface area (Å²) < 4.78 is 5.58. The monoisotopic (exact) mass is 275 g/mol. The molecular formula is C16H21NO3. The van der Waals surface area contributed by atoms with Gasteiger partial charge in [0, 0.05) is 13.2 Å². The molecule has 1 aromatic carbocycles. The second-order valence-electron chi connectivity index (χ2n) is 5.88. The molecule has 1 aromatic rings. The third-order valence-electron chi connectivity index (χ3n) is 3.31. The molecule has 0 spiro atoms. The minimum atomic E-state index is -0.869. The molecule has 1 unspecified atom stereocenters. The Hall–Kier alpha value is -1.81. The van der Waals surface area contributed by atoms with Gasteiger partial charge in [0.25, 0.3) is 0 Å². The van der Waals surface area contributed by atoms with E-state index < -0.39 is 5.60 Å². The molecule has 0 saturated carbocycles. The van der Waals surface area contributed by atoms with Crippen molar-refractivity contribution in [3.63, 3.8) is 0 Å². The van der Waals surface area contributed by atoms with Crippen LogP contribution in [0.5, 0.6) is 5.75 Å². The van der Waals surface area contributed by atoms with Gasteiger partial charge in [-0.05, 0) is 50.1 Å². The lowest BCUT2D eigenvalue weighted by molar-refractivity contribution is -0.128. The first-order chi connectivity index (χ1) is 9.28. The number of rotatable bonds is 3. The number of benzene rings is 1. The van der Waals surface area contributed by atoms with Crippen LogP contribution in [-0.2, 0) is 4.79 Å². The van der Waals surface area contributed by atoms with E-state index in [4.69, 9.17) is 4.74 Å². The lowest BCUT2D eigenvalue weighted by Crippen LogP contribution is -2.27. The number of amides is 1. The average Bonchev–Trinajstić information content (AvgIpc) is 2.49. The molecule has 2 rings (SSSR count). The highest BCUT2D eigenvalue weighted by atomic mass is 16.5. The van der Waals surface area contributed by atoms with Crippen LogP contribution in [0.3, 0.4) is 0 Å². The van der Waals surface area contributed by atoms with Crippen LogP contribution >= 0.6 is 0 Å². The van der Waals surface area contributed by atoms with Gasteiger partial charge in [0.1, 0.15) is 12.4 Å². The average molecular weight is 275 g/mol. The smallest absolute Gasteiger partial charge is 0.233 e. The summed E-state index contributed by atoms with van der Waals surface area (Å²) in [5.41, 5.74) is 1.10. The van der Waals surface area contributed by atoms with Crippen LogP contribution in [-0.4, -0.2) is 35.2 Å². The zero-order valence-corrected chi connectivity index (χ0v) is 12.4. The SMILES string of the molecule is CC1C(=O)N(C)C=Cc2cc(OCC(C)(C)O)ccc21. The Balaban J connectivity index is 2.27. The highest BCUT2D eigenvalue weighted by Gasteiger charge is 2.23. The minimum absolute atomic E-state index is 0.0742. The van der Waals surface area contributed by atoms with Crippen molar-refractivity contribution in [1.82, 2.24) is 4.90 Å². The fourth-order valence-electron chi connectivity index (χ4n) is 2.15. The molecule has 0 radical (unpaired) electrons. The predicted octanol–water partition coefficient (Wildman–Crippen LogP) is 2.38. The summed E-state index contributed by atoms with van der Waals surface area (Å²) in [5.74, 6) is 0.596. The zero-order chi connectivity index (χ0) is 14.9. The third-order valence-corrected chi connectivity index (χ3v) is 3.31. The van der Waals surface area contributed by atoms with Gasteiger partial charge in [-0.2, -0.15) is 0 Å². The van der Waals surface area contributed by atoms with Gasteiger partial charge in [-0.15, -0.1) is 0 Å². The quantitative estimate of drug-likeness (QED) is 0.921. The number of nitrogens with zero attached hydrogens (tertiary/aromatic N) is 1. The summed E-state index contributed by atoms with van der Waals surface area (Å²) in [5, 5.41) is 9.68. The maximum atomic E-state index is 12.1. The summed E-state index contributed by atoms with van der Waals surface area (Å²) in [7, 11) is 1.76. The summed E-state index contributed by atoms with van der Waals surface area (Å²) >= 11 is 0. The topological polar surface area (TPSA) is 49.8 Å². The minimum Gasteiger partial charge on any atom is -0.491 e. The number of hydrogen-bond acceptors (Lipinski definition) is 3. The number of likely N-dealkylation sites (N-methyl/N-ethyl adjacent to an activating group) is 1. The fraction of sp³-hybridized carbons (Fsp3) is 0.438. The molecule has 4 nitrogen and oxygen atoms in total. The molecule has 1 heterocycles. The van der Waals surface area contributed by atoms with Gasteiger partial charge >= 0.3 is 0 Å². The Bertz CT molecular complexity index is 543. The van der Waals surface area contributed by atoms with Crippen molar-refractivity contribution in [2.24, 2.45) is 0 Å². The van der Waals surface area contributed by atoms with Gasteiger partial charge in [-0.3, -0.25) is 4.79 Å². The molecular weight excluding hydrogens is 254 g/mol. The van der Waals surface area contributed by atoms with Gasteiger partial charge in [-0.25, -0.2) is 0 Å². The molecule has 1 aliphatic rings. The van der Waals surface area contributed by atoms with Gasteiger partial charge in [-0.1, -0.05) is 6.07 Å². The third kappa shape index (κ3) is 3.20.